The molecule has 0 spiro atoms. The van der Waals surface area contributed by atoms with Crippen LogP contribution in [0.1, 0.15) is 93.4 Å². The van der Waals surface area contributed by atoms with Crippen molar-refractivity contribution in [3.8, 4) is 0 Å². The quantitative estimate of drug-likeness (QED) is 0.00557. The number of carbonyl (C=O) groups is 12. The number of amides is 3. The third kappa shape index (κ3) is 28.9. The van der Waals surface area contributed by atoms with Crippen LogP contribution in [0.2, 0.25) is 0 Å². The van der Waals surface area contributed by atoms with Crippen LogP contribution < -0.4 is 16.0 Å². The second kappa shape index (κ2) is 47.2. The van der Waals surface area contributed by atoms with Gasteiger partial charge in [0.15, 0.2) is 37.2 Å². The molecule has 666 valence electrons. The SMILES string of the molecule is COO[C@H]1C[C@H](NC(C)=O)[C@H](O[C@H]2C(C(=O)O)OC(OO[C@H]3C[C@H](NC(C)=O)[C@H](O[C@H]4C(C(=O)O)OC(OOC5C[C@H](NC(C)=O)[C@H](O[C@H]6C(C(=O)O)OC(C)[C@H](O)C6O)OC5COC(=O)CCC(=O)OCCOC(=O)[C@H](C)CSc5ccc(S)cc5)C(O)C4O)OC3COC(=O)CCC(=O)OCCOC(=O)C(C)C)C(O)C2O)O[C@H]1CO. The fourth-order valence-electron chi connectivity index (χ4n) is 12.5. The smallest absolute Gasteiger partial charge is 0.335 e. The van der Waals surface area contributed by atoms with E-state index in [0.29, 0.717) is 5.75 Å². The number of thiol groups is 1. The van der Waals surface area contributed by atoms with E-state index in [9.17, 15) is 109 Å². The van der Waals surface area contributed by atoms with E-state index in [1.165, 1.54) is 18.7 Å². The van der Waals surface area contributed by atoms with E-state index in [0.717, 1.165) is 37.7 Å². The Bertz CT molecular complexity index is 3500. The molecule has 3 amide bonds. The number of nitrogens with one attached hydrogen (secondary N) is 3. The summed E-state index contributed by atoms with van der Waals surface area (Å²) in [5.74, 6) is -13.7. The van der Waals surface area contributed by atoms with E-state index in [-0.39, 0.29) is 26.2 Å². The molecule has 118 heavy (non-hydrogen) atoms. The topological polar surface area (TPSA) is 637 Å². The van der Waals surface area contributed by atoms with Crippen molar-refractivity contribution in [1.82, 2.24) is 16.0 Å². The Hall–Kier alpha value is -7.32. The van der Waals surface area contributed by atoms with Crippen molar-refractivity contribution < 1.29 is 209 Å². The molecule has 0 aromatic heterocycles. The minimum atomic E-state index is -2.47. The van der Waals surface area contributed by atoms with Crippen molar-refractivity contribution in [2.45, 2.75) is 269 Å². The van der Waals surface area contributed by atoms with Crippen molar-refractivity contribution in [3.05, 3.63) is 24.3 Å². The van der Waals surface area contributed by atoms with E-state index in [1.807, 2.05) is 12.1 Å². The van der Waals surface area contributed by atoms with Crippen LogP contribution in [0.5, 0.6) is 0 Å². The fraction of sp³-hybridized carbons (Fsp3) is 0.743. The summed E-state index contributed by atoms with van der Waals surface area (Å²) in [6.07, 6.45) is -50.9. The second-order valence-corrected chi connectivity index (χ2v) is 29.7. The van der Waals surface area contributed by atoms with Crippen LogP contribution in [-0.2, 0) is 158 Å². The lowest BCUT2D eigenvalue weighted by Crippen LogP contribution is -2.65. The van der Waals surface area contributed by atoms with E-state index in [2.05, 4.69) is 28.6 Å². The first kappa shape index (κ1) is 97.8. The first-order chi connectivity index (χ1) is 55.9. The largest absolute Gasteiger partial charge is 0.479 e. The van der Waals surface area contributed by atoms with E-state index < -0.39 is 314 Å². The summed E-state index contributed by atoms with van der Waals surface area (Å²) in [5.41, 5.74) is 0. The molecular formula is C70H101N3O43S2. The van der Waals surface area contributed by atoms with Gasteiger partial charge in [-0.3, -0.25) is 43.2 Å². The molecule has 46 nitrogen and oxygen atoms in total. The Kier molecular flexibility index (Phi) is 39.1. The van der Waals surface area contributed by atoms with E-state index in [1.54, 1.807) is 32.9 Å². The molecule has 48 heteroatoms. The van der Waals surface area contributed by atoms with Crippen molar-refractivity contribution >= 4 is 95.8 Å². The van der Waals surface area contributed by atoms with Crippen molar-refractivity contribution in [2.75, 3.05) is 59.1 Å². The maximum Gasteiger partial charge on any atom is 0.335 e. The van der Waals surface area contributed by atoms with Gasteiger partial charge in [-0.2, -0.15) is 0 Å². The number of esters is 6. The Morgan fingerprint density at radius 2 is 0.814 bits per heavy atom. The number of rotatable bonds is 42. The summed E-state index contributed by atoms with van der Waals surface area (Å²) in [4.78, 5) is 187. The number of aliphatic hydroxyl groups is 7. The van der Waals surface area contributed by atoms with Gasteiger partial charge in [-0.15, -0.1) is 24.4 Å². The lowest BCUT2D eigenvalue weighted by Gasteiger charge is -2.46. The number of hydrogen-bond donors (Lipinski definition) is 14. The van der Waals surface area contributed by atoms with Gasteiger partial charge in [-0.25, -0.2) is 43.7 Å². The molecule has 6 saturated heterocycles. The molecule has 1 aromatic carbocycles. The van der Waals surface area contributed by atoms with Crippen molar-refractivity contribution in [2.24, 2.45) is 11.8 Å². The minimum Gasteiger partial charge on any atom is -0.479 e. The lowest BCUT2D eigenvalue weighted by atomic mass is 9.94. The highest BCUT2D eigenvalue weighted by Gasteiger charge is 2.57. The van der Waals surface area contributed by atoms with Crippen LogP contribution >= 0.6 is 24.4 Å². The molecule has 6 aliphatic rings. The van der Waals surface area contributed by atoms with Crippen molar-refractivity contribution in [3.63, 3.8) is 0 Å². The molecule has 6 fully saturated rings. The number of aliphatic hydroxyl groups excluding tert-OH is 7. The Balaban J connectivity index is 1.06. The van der Waals surface area contributed by atoms with E-state index in [4.69, 9.17) is 100 Å². The molecular weight excluding hydrogens is 1630 g/mol. The fourth-order valence-corrected chi connectivity index (χ4v) is 13.5. The number of ether oxygens (including phenoxy) is 15. The predicted octanol–water partition coefficient (Wildman–Crippen LogP) is -4.58. The zero-order chi connectivity index (χ0) is 86.9. The van der Waals surface area contributed by atoms with Gasteiger partial charge in [0.05, 0.1) is 75.5 Å². The maximum atomic E-state index is 13.3. The monoisotopic (exact) mass is 1740 g/mol. The summed E-state index contributed by atoms with van der Waals surface area (Å²) < 4.78 is 83.8. The first-order valence-corrected chi connectivity index (χ1v) is 38.6. The summed E-state index contributed by atoms with van der Waals surface area (Å²) in [5, 5.41) is 117. The second-order valence-electron chi connectivity index (χ2n) is 28.1. The number of thioether (sulfide) groups is 1. The summed E-state index contributed by atoms with van der Waals surface area (Å²) in [6, 6.07) is 3.00. The number of benzene rings is 1. The average Bonchev–Trinajstić information content (AvgIpc) is 0.786. The highest BCUT2D eigenvalue weighted by atomic mass is 32.2. The van der Waals surface area contributed by atoms with Gasteiger partial charge in [-0.05, 0) is 31.2 Å². The van der Waals surface area contributed by atoms with Gasteiger partial charge >= 0.3 is 53.7 Å². The molecule has 13 N–H and O–H groups in total. The van der Waals surface area contributed by atoms with Crippen molar-refractivity contribution in [1.29, 1.82) is 0 Å². The predicted molar refractivity (Wildman–Crippen MR) is 381 cm³/mol. The van der Waals surface area contributed by atoms with Crippen LogP contribution in [0, 0.1) is 11.8 Å². The number of hydrogen-bond acceptors (Lipinski definition) is 42. The van der Waals surface area contributed by atoms with Crippen LogP contribution in [0.3, 0.4) is 0 Å². The van der Waals surface area contributed by atoms with Crippen LogP contribution in [0.25, 0.3) is 0 Å². The van der Waals surface area contributed by atoms with Gasteiger partial charge in [0, 0.05) is 55.6 Å². The molecule has 14 unspecified atom stereocenters. The molecule has 0 saturated carbocycles. The average molecular weight is 1740 g/mol. The zero-order valence-electron chi connectivity index (χ0n) is 65.0. The number of carboxylic acids is 3. The van der Waals surface area contributed by atoms with Gasteiger partial charge in [0.1, 0.15) is 131 Å². The minimum absolute atomic E-state index is 0.174. The Morgan fingerprint density at radius 1 is 0.458 bits per heavy atom. The zero-order valence-corrected chi connectivity index (χ0v) is 66.7. The molecule has 0 aliphatic carbocycles. The molecule has 1 aromatic rings. The highest BCUT2D eigenvalue weighted by molar-refractivity contribution is 7.99. The third-order valence-corrected chi connectivity index (χ3v) is 20.1. The van der Waals surface area contributed by atoms with Crippen LogP contribution in [-0.4, -0.2) is 347 Å². The Morgan fingerprint density at radius 3 is 1.19 bits per heavy atom. The summed E-state index contributed by atoms with van der Waals surface area (Å²) in [7, 11) is 1.16. The summed E-state index contributed by atoms with van der Waals surface area (Å²) in [6.45, 7) is 5.19. The molecule has 0 radical (unpaired) electrons. The lowest BCUT2D eigenvalue weighted by molar-refractivity contribution is -0.461. The number of carboxylic acid groups (broad SMARTS) is 3. The molecule has 7 rings (SSSR count). The highest BCUT2D eigenvalue weighted by Crippen LogP contribution is 2.37. The van der Waals surface area contributed by atoms with Crippen LogP contribution in [0.15, 0.2) is 34.1 Å². The van der Waals surface area contributed by atoms with Gasteiger partial charge in [0.2, 0.25) is 30.3 Å². The van der Waals surface area contributed by atoms with Gasteiger partial charge in [0.25, 0.3) is 0 Å². The molecule has 6 heterocycles. The Labute approximate surface area is 682 Å². The van der Waals surface area contributed by atoms with E-state index >= 15 is 0 Å². The molecule has 6 aliphatic heterocycles. The third-order valence-electron chi connectivity index (χ3n) is 18.5. The van der Waals surface area contributed by atoms with Gasteiger partial charge in [-0.1, -0.05) is 20.8 Å². The first-order valence-electron chi connectivity index (χ1n) is 37.2. The van der Waals surface area contributed by atoms with Gasteiger partial charge < -0.3 is 138 Å². The van der Waals surface area contributed by atoms with Crippen LogP contribution in [0.4, 0.5) is 0 Å². The standard InChI is InChI=1S/C70H101N3O43S2/c1-28(2)64(94)99-19-17-97-45(78)13-15-47(80)102-26-44-41(114-115-69-53(86)51(84)56(59(110-69)62(90)91)108-66-36(71-31(5)75)21-39(112-96-8)42(24-74)104-66)23-38(73-33(7)77)68(106-44)109-57-52(85)54(87)70(111-60(57)63(92)93)116-113-40-22-37(72-32(6)76)67(107-55-50(83)49(82)30(4)103-58(55)61(88)89)105-43(40)25-101-48(81)16-14-46(79)98-18-20-100-65(95)29(3)27-118-35-11-9-34(117)10-12-35/h9-12,28-30,36-44,49-60,66-70,74,82-87,117H,13-27H2,1-8H3,(H,71,75)(H,72,76)(H,73,77)(H,88,89)(H,90,91)(H,92,93)/t29-,30?,36+,37+,38+,39+,40?,41+,42+,43?,44?,49+,50?,51?,52?,53?,54?,55-,56-,57-,58?,59?,60?,66+,67+,68+,69?,70?/m1/s1. The normalized spacial score (nSPS) is 33.1. The summed E-state index contributed by atoms with van der Waals surface area (Å²) >= 11 is 5.67. The number of aliphatic carboxylic acids is 3. The number of carbonyl (C=O) groups excluding carboxylic acids is 9. The maximum absolute atomic E-state index is 13.3. The molecule has 0 bridgehead atoms. The molecule has 28 atom stereocenters.